The van der Waals surface area contributed by atoms with Crippen LogP contribution in [-0.2, 0) is 15.3 Å². The standard InChI is InChI=1S/C21H16N4O4/c1-12-6-5-9-14-17(12)24-15(26)10-11-21(24,20(28)29)25-18(14)22-19(27)16(23-25)13-7-3-2-4-8-13/h2-9H,10-11H2,1H3,(H,28,29)/t21-/m1/s1. The van der Waals surface area contributed by atoms with Crippen LogP contribution < -0.4 is 10.5 Å². The van der Waals surface area contributed by atoms with E-state index in [2.05, 4.69) is 10.1 Å². The number of para-hydroxylation sites is 1. The summed E-state index contributed by atoms with van der Waals surface area (Å²) in [5.74, 6) is -1.35. The fourth-order valence-corrected chi connectivity index (χ4v) is 4.25. The van der Waals surface area contributed by atoms with Gasteiger partial charge in [-0.15, -0.1) is 0 Å². The molecular formula is C21H16N4O4. The molecule has 1 fully saturated rings. The summed E-state index contributed by atoms with van der Waals surface area (Å²) in [7, 11) is 0. The topological polar surface area (TPSA) is 105 Å². The Morgan fingerprint density at radius 3 is 2.59 bits per heavy atom. The number of benzene rings is 2. The average molecular weight is 388 g/mol. The summed E-state index contributed by atoms with van der Waals surface area (Å²) in [5.41, 5.74) is -0.00304. The van der Waals surface area contributed by atoms with Crippen molar-refractivity contribution in [2.75, 3.05) is 4.90 Å². The zero-order chi connectivity index (χ0) is 20.3. The van der Waals surface area contributed by atoms with Crippen molar-refractivity contribution in [3.05, 3.63) is 64.4 Å². The summed E-state index contributed by atoms with van der Waals surface area (Å²) >= 11 is 0. The molecule has 0 unspecified atom stereocenters. The SMILES string of the molecule is Cc1cccc2c1N1C(=O)CC[C@]1(C(=O)O)n1nc(-c3ccccc3)c(=O)nc1-2. The molecule has 1 N–H and O–H groups in total. The van der Waals surface area contributed by atoms with Crippen molar-refractivity contribution in [3.63, 3.8) is 0 Å². The predicted octanol–water partition coefficient (Wildman–Crippen LogP) is 2.16. The number of amides is 1. The van der Waals surface area contributed by atoms with Crippen LogP contribution in [0.1, 0.15) is 18.4 Å². The van der Waals surface area contributed by atoms with E-state index >= 15 is 0 Å². The third-order valence-electron chi connectivity index (χ3n) is 5.56. The van der Waals surface area contributed by atoms with Gasteiger partial charge in [-0.2, -0.15) is 10.1 Å². The highest BCUT2D eigenvalue weighted by atomic mass is 16.4. The molecule has 5 rings (SSSR count). The number of hydrogen-bond donors (Lipinski definition) is 1. The Labute approximate surface area is 165 Å². The van der Waals surface area contributed by atoms with Crippen LogP contribution in [0.2, 0.25) is 0 Å². The number of rotatable bonds is 2. The van der Waals surface area contributed by atoms with E-state index in [4.69, 9.17) is 0 Å². The van der Waals surface area contributed by atoms with Gasteiger partial charge in [0.05, 0.1) is 5.69 Å². The lowest BCUT2D eigenvalue weighted by molar-refractivity contribution is -0.148. The Morgan fingerprint density at radius 1 is 1.10 bits per heavy atom. The maximum atomic E-state index is 12.8. The van der Waals surface area contributed by atoms with E-state index in [1.54, 1.807) is 49.4 Å². The van der Waals surface area contributed by atoms with Gasteiger partial charge in [-0.25, -0.2) is 9.48 Å². The highest BCUT2D eigenvalue weighted by Gasteiger charge is 2.59. The monoisotopic (exact) mass is 388 g/mol. The van der Waals surface area contributed by atoms with Gasteiger partial charge in [0.2, 0.25) is 11.6 Å². The minimum atomic E-state index is -1.75. The molecule has 1 aromatic heterocycles. The number of anilines is 1. The first-order valence-electron chi connectivity index (χ1n) is 9.19. The molecule has 3 aromatic rings. The normalized spacial score (nSPS) is 19.5. The molecule has 0 spiro atoms. The number of carboxylic acid groups (broad SMARTS) is 1. The van der Waals surface area contributed by atoms with E-state index in [-0.39, 0.29) is 30.3 Å². The molecule has 2 aromatic carbocycles. The Bertz CT molecular complexity index is 1250. The summed E-state index contributed by atoms with van der Waals surface area (Å²) < 4.78 is 1.24. The Hall–Kier alpha value is -3.81. The van der Waals surface area contributed by atoms with Crippen LogP contribution in [-0.4, -0.2) is 31.7 Å². The van der Waals surface area contributed by atoms with Crippen LogP contribution in [0.15, 0.2) is 53.3 Å². The van der Waals surface area contributed by atoms with Crippen LogP contribution in [0.4, 0.5) is 5.69 Å². The lowest BCUT2D eigenvalue weighted by atomic mass is 9.97. The molecule has 8 nitrogen and oxygen atoms in total. The fraction of sp³-hybridized carbons (Fsp3) is 0.190. The highest BCUT2D eigenvalue weighted by molar-refractivity contribution is 6.08. The van der Waals surface area contributed by atoms with Crippen LogP contribution in [0.3, 0.4) is 0 Å². The molecule has 0 radical (unpaired) electrons. The molecule has 0 saturated carbocycles. The number of fused-ring (bicyclic) bond motifs is 6. The van der Waals surface area contributed by atoms with Gasteiger partial charge in [-0.3, -0.25) is 14.5 Å². The Kier molecular flexibility index (Phi) is 3.48. The van der Waals surface area contributed by atoms with Crippen LogP contribution in [0, 0.1) is 6.92 Å². The Balaban J connectivity index is 1.91. The minimum Gasteiger partial charge on any atom is -0.478 e. The first-order chi connectivity index (χ1) is 13.9. The van der Waals surface area contributed by atoms with E-state index in [1.807, 2.05) is 6.07 Å². The van der Waals surface area contributed by atoms with E-state index in [0.29, 0.717) is 16.8 Å². The second-order valence-corrected chi connectivity index (χ2v) is 7.19. The first kappa shape index (κ1) is 17.3. The first-order valence-corrected chi connectivity index (χ1v) is 9.19. The highest BCUT2D eigenvalue weighted by Crippen LogP contribution is 2.49. The van der Waals surface area contributed by atoms with Crippen LogP contribution >= 0.6 is 0 Å². The molecule has 0 aliphatic carbocycles. The molecule has 144 valence electrons. The van der Waals surface area contributed by atoms with Gasteiger partial charge in [0.25, 0.3) is 5.56 Å². The lowest BCUT2D eigenvalue weighted by Gasteiger charge is -2.41. The summed E-state index contributed by atoms with van der Waals surface area (Å²) in [5, 5.41) is 14.7. The van der Waals surface area contributed by atoms with Crippen LogP contribution in [0.5, 0.6) is 0 Å². The molecule has 1 saturated heterocycles. The third kappa shape index (κ3) is 2.16. The Morgan fingerprint density at radius 2 is 1.86 bits per heavy atom. The molecule has 1 amide bonds. The van der Waals surface area contributed by atoms with Gasteiger partial charge in [0.15, 0.2) is 11.5 Å². The van der Waals surface area contributed by atoms with Crippen molar-refractivity contribution >= 4 is 17.6 Å². The second kappa shape index (κ2) is 5.84. The minimum absolute atomic E-state index is 0.0354. The van der Waals surface area contributed by atoms with Gasteiger partial charge in [0.1, 0.15) is 0 Å². The number of aromatic nitrogens is 3. The average Bonchev–Trinajstić information content (AvgIpc) is 3.07. The molecule has 29 heavy (non-hydrogen) atoms. The van der Waals surface area contributed by atoms with Crippen molar-refractivity contribution in [1.82, 2.24) is 14.8 Å². The molecule has 3 heterocycles. The smallest absolute Gasteiger partial charge is 0.353 e. The van der Waals surface area contributed by atoms with Crippen molar-refractivity contribution in [2.24, 2.45) is 0 Å². The van der Waals surface area contributed by atoms with Gasteiger partial charge >= 0.3 is 5.97 Å². The van der Waals surface area contributed by atoms with E-state index in [1.165, 1.54) is 9.58 Å². The number of carbonyl (C=O) groups is 2. The maximum absolute atomic E-state index is 12.8. The fourth-order valence-electron chi connectivity index (χ4n) is 4.25. The van der Waals surface area contributed by atoms with Gasteiger partial charge in [0, 0.05) is 24.0 Å². The van der Waals surface area contributed by atoms with Crippen molar-refractivity contribution in [1.29, 1.82) is 0 Å². The van der Waals surface area contributed by atoms with Gasteiger partial charge in [-0.1, -0.05) is 42.5 Å². The summed E-state index contributed by atoms with van der Waals surface area (Å²) in [6.45, 7) is 1.80. The van der Waals surface area contributed by atoms with Crippen molar-refractivity contribution in [2.45, 2.75) is 25.4 Å². The number of carbonyl (C=O) groups excluding carboxylic acids is 1. The third-order valence-corrected chi connectivity index (χ3v) is 5.56. The van der Waals surface area contributed by atoms with Crippen molar-refractivity contribution < 1.29 is 14.7 Å². The van der Waals surface area contributed by atoms with Crippen molar-refractivity contribution in [3.8, 4) is 22.6 Å². The number of carboxylic acids is 1. The quantitative estimate of drug-likeness (QED) is 0.721. The van der Waals surface area contributed by atoms with E-state index in [0.717, 1.165) is 5.56 Å². The summed E-state index contributed by atoms with van der Waals surface area (Å²) in [6.07, 6.45) is 0.0989. The summed E-state index contributed by atoms with van der Waals surface area (Å²) in [6, 6.07) is 14.1. The molecule has 8 heteroatoms. The van der Waals surface area contributed by atoms with E-state index < -0.39 is 17.2 Å². The molecule has 1 atom stereocenters. The number of aliphatic carboxylic acids is 1. The molecule has 0 bridgehead atoms. The second-order valence-electron chi connectivity index (χ2n) is 7.19. The van der Waals surface area contributed by atoms with E-state index in [9.17, 15) is 19.5 Å². The van der Waals surface area contributed by atoms with Gasteiger partial charge in [-0.05, 0) is 18.6 Å². The maximum Gasteiger partial charge on any atom is 0.353 e. The summed E-state index contributed by atoms with van der Waals surface area (Å²) in [4.78, 5) is 43.7. The largest absolute Gasteiger partial charge is 0.478 e. The number of nitrogens with zero attached hydrogens (tertiary/aromatic N) is 4. The zero-order valence-corrected chi connectivity index (χ0v) is 15.5. The predicted molar refractivity (Wildman–Crippen MR) is 104 cm³/mol. The lowest BCUT2D eigenvalue weighted by Crippen LogP contribution is -2.58. The van der Waals surface area contributed by atoms with Crippen LogP contribution in [0.25, 0.3) is 22.6 Å². The number of aryl methyl sites for hydroxylation is 1. The molecule has 2 aliphatic heterocycles. The molecule has 2 aliphatic rings. The van der Waals surface area contributed by atoms with Gasteiger partial charge < -0.3 is 5.11 Å². The molecular weight excluding hydrogens is 372 g/mol. The zero-order valence-electron chi connectivity index (χ0n) is 15.5. The number of hydrogen-bond acceptors (Lipinski definition) is 5.